The lowest BCUT2D eigenvalue weighted by Gasteiger charge is -2.05. The van der Waals surface area contributed by atoms with Crippen LogP contribution in [0, 0.1) is 10.1 Å². The minimum absolute atomic E-state index is 0.00572. The quantitative estimate of drug-likeness (QED) is 0.514. The largest absolute Gasteiger partial charge is 0.494 e. The number of benzene rings is 2. The number of amides is 1. The van der Waals surface area contributed by atoms with Gasteiger partial charge in [0.05, 0.1) is 17.2 Å². The van der Waals surface area contributed by atoms with Crippen molar-refractivity contribution in [3.63, 3.8) is 0 Å². The summed E-state index contributed by atoms with van der Waals surface area (Å²) in [7, 11) is 0. The molecule has 26 heavy (non-hydrogen) atoms. The van der Waals surface area contributed by atoms with E-state index in [9.17, 15) is 14.9 Å². The number of thiazole rings is 1. The van der Waals surface area contributed by atoms with Crippen LogP contribution in [0.3, 0.4) is 0 Å². The number of nitro benzene ring substituents is 1. The lowest BCUT2D eigenvalue weighted by atomic mass is 10.1. The van der Waals surface area contributed by atoms with Crippen LogP contribution in [0.4, 0.5) is 10.8 Å². The third-order valence-corrected chi connectivity index (χ3v) is 4.24. The predicted molar refractivity (Wildman–Crippen MR) is 99.8 cm³/mol. The van der Waals surface area contributed by atoms with Crippen LogP contribution in [-0.4, -0.2) is 22.4 Å². The monoisotopic (exact) mass is 369 g/mol. The molecule has 0 aliphatic carbocycles. The Kier molecular flexibility index (Phi) is 5.23. The van der Waals surface area contributed by atoms with Gasteiger partial charge in [0.25, 0.3) is 11.6 Å². The number of hydrogen-bond acceptors (Lipinski definition) is 6. The van der Waals surface area contributed by atoms with E-state index in [1.807, 2.05) is 6.92 Å². The molecule has 2 aromatic carbocycles. The van der Waals surface area contributed by atoms with E-state index in [-0.39, 0.29) is 11.6 Å². The van der Waals surface area contributed by atoms with Crippen molar-refractivity contribution < 1.29 is 14.5 Å². The van der Waals surface area contributed by atoms with Crippen molar-refractivity contribution in [3.05, 3.63) is 69.6 Å². The lowest BCUT2D eigenvalue weighted by Crippen LogP contribution is -2.11. The fourth-order valence-electron chi connectivity index (χ4n) is 2.31. The summed E-state index contributed by atoms with van der Waals surface area (Å²) in [5.41, 5.74) is 1.64. The number of ether oxygens (including phenoxy) is 1. The fourth-order valence-corrected chi connectivity index (χ4v) is 3.02. The molecule has 0 spiro atoms. The third kappa shape index (κ3) is 4.04. The van der Waals surface area contributed by atoms with Crippen molar-refractivity contribution in [2.75, 3.05) is 11.9 Å². The Morgan fingerprint density at radius 1 is 1.27 bits per heavy atom. The molecule has 1 amide bonds. The molecular weight excluding hydrogens is 354 g/mol. The van der Waals surface area contributed by atoms with Crippen LogP contribution in [-0.2, 0) is 0 Å². The van der Waals surface area contributed by atoms with Crippen molar-refractivity contribution in [2.45, 2.75) is 6.92 Å². The first-order valence-electron chi connectivity index (χ1n) is 7.81. The van der Waals surface area contributed by atoms with E-state index in [4.69, 9.17) is 4.74 Å². The van der Waals surface area contributed by atoms with Crippen LogP contribution in [0.2, 0.25) is 0 Å². The van der Waals surface area contributed by atoms with Crippen LogP contribution >= 0.6 is 11.3 Å². The number of aromatic nitrogens is 1. The molecule has 0 saturated heterocycles. The van der Waals surface area contributed by atoms with Crippen molar-refractivity contribution in [1.82, 2.24) is 4.98 Å². The first-order chi connectivity index (χ1) is 12.6. The van der Waals surface area contributed by atoms with E-state index in [1.165, 1.54) is 23.5 Å². The Morgan fingerprint density at radius 2 is 2.08 bits per heavy atom. The average molecular weight is 369 g/mol. The second-order valence-electron chi connectivity index (χ2n) is 5.26. The topological polar surface area (TPSA) is 94.4 Å². The number of non-ortho nitro benzene ring substituents is 1. The molecule has 1 heterocycles. The van der Waals surface area contributed by atoms with Gasteiger partial charge in [-0.1, -0.05) is 18.2 Å². The summed E-state index contributed by atoms with van der Waals surface area (Å²) in [5.74, 6) is 0.322. The smallest absolute Gasteiger partial charge is 0.270 e. The van der Waals surface area contributed by atoms with E-state index in [2.05, 4.69) is 10.3 Å². The van der Waals surface area contributed by atoms with Gasteiger partial charge in [-0.15, -0.1) is 11.3 Å². The summed E-state index contributed by atoms with van der Waals surface area (Å²) >= 11 is 1.25. The first kappa shape index (κ1) is 17.6. The maximum absolute atomic E-state index is 12.4. The van der Waals surface area contributed by atoms with Gasteiger partial charge in [-0.3, -0.25) is 20.2 Å². The van der Waals surface area contributed by atoms with Crippen molar-refractivity contribution in [2.24, 2.45) is 0 Å². The molecule has 0 bridgehead atoms. The molecule has 0 aliphatic rings. The Morgan fingerprint density at radius 3 is 2.85 bits per heavy atom. The summed E-state index contributed by atoms with van der Waals surface area (Å²) < 4.78 is 5.39. The van der Waals surface area contributed by atoms with Crippen LogP contribution in [0.1, 0.15) is 17.3 Å². The van der Waals surface area contributed by atoms with Gasteiger partial charge in [-0.2, -0.15) is 0 Å². The summed E-state index contributed by atoms with van der Waals surface area (Å²) in [6, 6.07) is 13.1. The number of nitrogens with one attached hydrogen (secondary N) is 1. The number of carbonyl (C=O) groups excluding carboxylic acids is 1. The Labute approximate surface area is 153 Å². The zero-order chi connectivity index (χ0) is 18.5. The Bertz CT molecular complexity index is 955. The highest BCUT2D eigenvalue weighted by Gasteiger charge is 2.13. The van der Waals surface area contributed by atoms with E-state index >= 15 is 0 Å². The molecular formula is C18H15N3O4S. The minimum atomic E-state index is -0.454. The molecule has 0 atom stereocenters. The van der Waals surface area contributed by atoms with E-state index < -0.39 is 4.92 Å². The van der Waals surface area contributed by atoms with Gasteiger partial charge in [0, 0.05) is 28.6 Å². The number of rotatable bonds is 6. The fraction of sp³-hybridized carbons (Fsp3) is 0.111. The summed E-state index contributed by atoms with van der Waals surface area (Å²) in [6.45, 7) is 2.39. The Hall–Kier alpha value is -3.26. The van der Waals surface area contributed by atoms with E-state index in [0.29, 0.717) is 34.3 Å². The molecule has 1 N–H and O–H groups in total. The maximum atomic E-state index is 12.4. The number of nitrogens with zero attached hydrogens (tertiary/aromatic N) is 2. The Balaban J connectivity index is 1.76. The third-order valence-electron chi connectivity index (χ3n) is 3.48. The molecule has 132 valence electrons. The van der Waals surface area contributed by atoms with Gasteiger partial charge in [-0.25, -0.2) is 4.98 Å². The molecule has 3 aromatic rings. The molecule has 0 aliphatic heterocycles. The van der Waals surface area contributed by atoms with Gasteiger partial charge in [0.15, 0.2) is 5.13 Å². The summed E-state index contributed by atoms with van der Waals surface area (Å²) in [6.07, 6.45) is 0. The summed E-state index contributed by atoms with van der Waals surface area (Å²) in [5, 5.41) is 15.8. The van der Waals surface area contributed by atoms with Gasteiger partial charge in [0.1, 0.15) is 5.75 Å². The van der Waals surface area contributed by atoms with Crippen molar-refractivity contribution >= 4 is 28.1 Å². The average Bonchev–Trinajstić information content (AvgIpc) is 3.11. The van der Waals surface area contributed by atoms with Crippen molar-refractivity contribution in [1.29, 1.82) is 0 Å². The SMILES string of the molecule is CCOc1cccc(C(=O)Nc2nc(-c3cccc([N+](=O)[O-])c3)cs2)c1. The van der Waals surface area contributed by atoms with Gasteiger partial charge in [-0.05, 0) is 25.1 Å². The van der Waals surface area contributed by atoms with Crippen LogP contribution in [0.15, 0.2) is 53.9 Å². The first-order valence-corrected chi connectivity index (χ1v) is 8.69. The highest BCUT2D eigenvalue weighted by Crippen LogP contribution is 2.27. The molecule has 8 heteroatoms. The zero-order valence-electron chi connectivity index (χ0n) is 13.8. The van der Waals surface area contributed by atoms with Crippen LogP contribution in [0.5, 0.6) is 5.75 Å². The van der Waals surface area contributed by atoms with Gasteiger partial charge < -0.3 is 4.74 Å². The van der Waals surface area contributed by atoms with E-state index in [0.717, 1.165) is 0 Å². The summed E-state index contributed by atoms with van der Waals surface area (Å²) in [4.78, 5) is 27.1. The standard InChI is InChI=1S/C18H15N3O4S/c1-2-25-15-8-4-6-13(10-15)17(22)20-18-19-16(11-26-18)12-5-3-7-14(9-12)21(23)24/h3-11H,2H2,1H3,(H,19,20,22). The van der Waals surface area contributed by atoms with Crippen LogP contribution < -0.4 is 10.1 Å². The van der Waals surface area contributed by atoms with E-state index in [1.54, 1.807) is 41.8 Å². The molecule has 0 saturated carbocycles. The predicted octanol–water partition coefficient (Wildman–Crippen LogP) is 4.37. The molecule has 0 radical (unpaired) electrons. The highest BCUT2D eigenvalue weighted by atomic mass is 32.1. The maximum Gasteiger partial charge on any atom is 0.270 e. The highest BCUT2D eigenvalue weighted by molar-refractivity contribution is 7.14. The molecule has 7 nitrogen and oxygen atoms in total. The van der Waals surface area contributed by atoms with Gasteiger partial charge >= 0.3 is 0 Å². The molecule has 1 aromatic heterocycles. The minimum Gasteiger partial charge on any atom is -0.494 e. The van der Waals surface area contributed by atoms with Crippen LogP contribution in [0.25, 0.3) is 11.3 Å². The second-order valence-corrected chi connectivity index (χ2v) is 6.12. The second kappa shape index (κ2) is 7.75. The van der Waals surface area contributed by atoms with Crippen molar-refractivity contribution in [3.8, 4) is 17.0 Å². The number of hydrogen-bond donors (Lipinski definition) is 1. The normalized spacial score (nSPS) is 10.3. The number of anilines is 1. The number of nitro groups is 1. The molecule has 0 unspecified atom stereocenters. The lowest BCUT2D eigenvalue weighted by molar-refractivity contribution is -0.384. The van der Waals surface area contributed by atoms with Gasteiger partial charge in [0.2, 0.25) is 0 Å². The zero-order valence-corrected chi connectivity index (χ0v) is 14.7. The molecule has 3 rings (SSSR count). The number of carbonyl (C=O) groups is 1. The molecule has 0 fully saturated rings.